The Balaban J connectivity index is 2.25. The number of anilines is 2. The molecule has 1 saturated carbocycles. The lowest BCUT2D eigenvalue weighted by Crippen LogP contribution is -2.42. The molecule has 0 atom stereocenters. The molecule has 4 nitrogen and oxygen atoms in total. The maximum Gasteiger partial charge on any atom is 0.451 e. The molecule has 0 unspecified atom stereocenters. The van der Waals surface area contributed by atoms with Crippen molar-refractivity contribution in [3.63, 3.8) is 0 Å². The van der Waals surface area contributed by atoms with Crippen LogP contribution in [0.4, 0.5) is 24.8 Å². The third-order valence-electron chi connectivity index (χ3n) is 2.89. The number of nitrogens with zero attached hydrogens (tertiary/aromatic N) is 2. The molecular weight excluding hydrogens is 233 g/mol. The van der Waals surface area contributed by atoms with Crippen molar-refractivity contribution in [1.29, 1.82) is 0 Å². The van der Waals surface area contributed by atoms with Crippen molar-refractivity contribution < 1.29 is 13.2 Å². The van der Waals surface area contributed by atoms with E-state index in [-0.39, 0.29) is 17.2 Å². The molecule has 3 N–H and O–H groups in total. The molecule has 0 radical (unpaired) electrons. The van der Waals surface area contributed by atoms with E-state index < -0.39 is 12.0 Å². The van der Waals surface area contributed by atoms with E-state index in [1.54, 1.807) is 0 Å². The second kappa shape index (κ2) is 3.75. The number of nitrogens with one attached hydrogen (secondary N) is 1. The highest BCUT2D eigenvalue weighted by atomic mass is 19.4. The molecule has 0 aromatic carbocycles. The Hall–Kier alpha value is -1.53. The second-order valence-corrected chi connectivity index (χ2v) is 4.54. The van der Waals surface area contributed by atoms with Crippen LogP contribution in [0.25, 0.3) is 0 Å². The van der Waals surface area contributed by atoms with Crippen LogP contribution in [-0.2, 0) is 6.18 Å². The van der Waals surface area contributed by atoms with Crippen LogP contribution in [0.15, 0.2) is 6.07 Å². The van der Waals surface area contributed by atoms with E-state index in [0.717, 1.165) is 19.3 Å². The average Bonchev–Trinajstić information content (AvgIpc) is 2.13. The summed E-state index contributed by atoms with van der Waals surface area (Å²) in [6, 6.07) is 1.32. The summed E-state index contributed by atoms with van der Waals surface area (Å²) in [6.45, 7) is 1.95. The van der Waals surface area contributed by atoms with Crippen molar-refractivity contribution in [2.75, 3.05) is 11.1 Å². The van der Waals surface area contributed by atoms with Crippen LogP contribution in [-0.4, -0.2) is 15.5 Å². The number of alkyl halides is 3. The molecule has 17 heavy (non-hydrogen) atoms. The predicted molar refractivity (Wildman–Crippen MR) is 57.3 cm³/mol. The summed E-state index contributed by atoms with van der Waals surface area (Å²) in [5.41, 5.74) is 5.17. The molecule has 0 aliphatic heterocycles. The zero-order chi connectivity index (χ0) is 12.7. The van der Waals surface area contributed by atoms with E-state index in [1.165, 1.54) is 6.07 Å². The number of hydrogen-bond acceptors (Lipinski definition) is 4. The molecule has 1 aromatic heterocycles. The molecule has 94 valence electrons. The van der Waals surface area contributed by atoms with Crippen molar-refractivity contribution in [3.05, 3.63) is 11.9 Å². The fraction of sp³-hybridized carbons (Fsp3) is 0.600. The molecular formula is C10H13F3N4. The predicted octanol–water partition coefficient (Wildman–Crippen LogP) is 2.43. The van der Waals surface area contributed by atoms with Crippen LogP contribution in [0.2, 0.25) is 0 Å². The highest BCUT2D eigenvalue weighted by molar-refractivity contribution is 5.47. The van der Waals surface area contributed by atoms with Gasteiger partial charge in [0.2, 0.25) is 5.82 Å². The summed E-state index contributed by atoms with van der Waals surface area (Å²) < 4.78 is 37.4. The van der Waals surface area contributed by atoms with Gasteiger partial charge in [0.25, 0.3) is 0 Å². The van der Waals surface area contributed by atoms with Gasteiger partial charge in [0.15, 0.2) is 0 Å². The van der Waals surface area contributed by atoms with Gasteiger partial charge in [-0.2, -0.15) is 13.2 Å². The SMILES string of the molecule is CC1(Nc2cc(N)nc(C(F)(F)F)n2)CCC1. The second-order valence-electron chi connectivity index (χ2n) is 4.54. The summed E-state index contributed by atoms with van der Waals surface area (Å²) in [5.74, 6) is -1.26. The number of nitrogen functional groups attached to an aromatic ring is 1. The lowest BCUT2D eigenvalue weighted by Gasteiger charge is -2.39. The van der Waals surface area contributed by atoms with Crippen molar-refractivity contribution in [3.8, 4) is 0 Å². The first-order chi connectivity index (χ1) is 7.78. The molecule has 1 aliphatic rings. The molecule has 0 amide bonds. The van der Waals surface area contributed by atoms with Gasteiger partial charge in [-0.25, -0.2) is 9.97 Å². The maximum absolute atomic E-state index is 12.5. The Morgan fingerprint density at radius 3 is 2.47 bits per heavy atom. The first-order valence-electron chi connectivity index (χ1n) is 5.28. The summed E-state index contributed by atoms with van der Waals surface area (Å²) in [7, 11) is 0. The van der Waals surface area contributed by atoms with E-state index in [9.17, 15) is 13.2 Å². The smallest absolute Gasteiger partial charge is 0.384 e. The van der Waals surface area contributed by atoms with Crippen LogP contribution >= 0.6 is 0 Å². The highest BCUT2D eigenvalue weighted by Crippen LogP contribution is 2.35. The summed E-state index contributed by atoms with van der Waals surface area (Å²) in [4.78, 5) is 6.63. The first-order valence-corrected chi connectivity index (χ1v) is 5.28. The summed E-state index contributed by atoms with van der Waals surface area (Å²) >= 11 is 0. The van der Waals surface area contributed by atoms with E-state index in [1.807, 2.05) is 6.92 Å². The monoisotopic (exact) mass is 246 g/mol. The minimum atomic E-state index is -4.58. The van der Waals surface area contributed by atoms with Gasteiger partial charge in [-0.1, -0.05) is 0 Å². The van der Waals surface area contributed by atoms with Crippen LogP contribution < -0.4 is 11.1 Å². The van der Waals surface area contributed by atoms with Gasteiger partial charge in [-0.05, 0) is 26.2 Å². The summed E-state index contributed by atoms with van der Waals surface area (Å²) in [6.07, 6.45) is -1.68. The van der Waals surface area contributed by atoms with Gasteiger partial charge >= 0.3 is 6.18 Å². The normalized spacial score (nSPS) is 18.6. The zero-order valence-corrected chi connectivity index (χ0v) is 9.30. The lowest BCUT2D eigenvalue weighted by molar-refractivity contribution is -0.144. The summed E-state index contributed by atoms with van der Waals surface area (Å²) in [5, 5.41) is 2.98. The third kappa shape index (κ3) is 2.59. The average molecular weight is 246 g/mol. The van der Waals surface area contributed by atoms with Crippen molar-refractivity contribution in [2.45, 2.75) is 37.9 Å². The van der Waals surface area contributed by atoms with Crippen molar-refractivity contribution in [1.82, 2.24) is 9.97 Å². The van der Waals surface area contributed by atoms with Gasteiger partial charge in [0.1, 0.15) is 11.6 Å². The molecule has 1 aliphatic carbocycles. The van der Waals surface area contributed by atoms with Gasteiger partial charge < -0.3 is 11.1 Å². The highest BCUT2D eigenvalue weighted by Gasteiger charge is 2.37. The Morgan fingerprint density at radius 1 is 1.35 bits per heavy atom. The van der Waals surface area contributed by atoms with Crippen LogP contribution in [0.3, 0.4) is 0 Å². The van der Waals surface area contributed by atoms with Gasteiger partial charge in [0, 0.05) is 11.6 Å². The molecule has 0 spiro atoms. The third-order valence-corrected chi connectivity index (χ3v) is 2.89. The Morgan fingerprint density at radius 2 is 2.00 bits per heavy atom. The van der Waals surface area contributed by atoms with Gasteiger partial charge in [-0.3, -0.25) is 0 Å². The number of hydrogen-bond donors (Lipinski definition) is 2. The van der Waals surface area contributed by atoms with Crippen molar-refractivity contribution >= 4 is 11.6 Å². The molecule has 1 aromatic rings. The molecule has 1 heterocycles. The number of nitrogens with two attached hydrogens (primary N) is 1. The topological polar surface area (TPSA) is 63.8 Å². The van der Waals surface area contributed by atoms with E-state index in [0.29, 0.717) is 0 Å². The minimum Gasteiger partial charge on any atom is -0.384 e. The largest absolute Gasteiger partial charge is 0.451 e. The van der Waals surface area contributed by atoms with Crippen LogP contribution in [0.5, 0.6) is 0 Å². The number of halogens is 3. The van der Waals surface area contributed by atoms with Crippen molar-refractivity contribution in [2.24, 2.45) is 0 Å². The Labute approximate surface area is 96.4 Å². The van der Waals surface area contributed by atoms with Gasteiger partial charge in [0.05, 0.1) is 0 Å². The quantitative estimate of drug-likeness (QED) is 0.841. The Bertz CT molecular complexity index is 426. The lowest BCUT2D eigenvalue weighted by atomic mass is 9.78. The maximum atomic E-state index is 12.5. The fourth-order valence-corrected chi connectivity index (χ4v) is 1.80. The minimum absolute atomic E-state index is 0.132. The van der Waals surface area contributed by atoms with Crippen LogP contribution in [0, 0.1) is 0 Å². The van der Waals surface area contributed by atoms with E-state index >= 15 is 0 Å². The zero-order valence-electron chi connectivity index (χ0n) is 9.30. The fourth-order valence-electron chi connectivity index (χ4n) is 1.80. The first kappa shape index (κ1) is 11.9. The molecule has 2 rings (SSSR count). The van der Waals surface area contributed by atoms with E-state index in [2.05, 4.69) is 15.3 Å². The Kier molecular flexibility index (Phi) is 2.63. The van der Waals surface area contributed by atoms with Gasteiger partial charge in [-0.15, -0.1) is 0 Å². The van der Waals surface area contributed by atoms with Crippen LogP contribution in [0.1, 0.15) is 32.0 Å². The standard InChI is InChI=1S/C10H13F3N4/c1-9(3-2-4-9)17-7-5-6(14)15-8(16-7)10(11,12)13/h5H,2-4H2,1H3,(H3,14,15,16,17). The molecule has 0 saturated heterocycles. The molecule has 1 fully saturated rings. The number of aromatic nitrogens is 2. The van der Waals surface area contributed by atoms with E-state index in [4.69, 9.17) is 5.73 Å². The number of rotatable bonds is 2. The molecule has 7 heteroatoms. The molecule has 0 bridgehead atoms.